The Balaban J connectivity index is 2.31. The third-order valence-corrected chi connectivity index (χ3v) is 3.75. The molecule has 1 aromatic heterocycles. The molecule has 0 unspecified atom stereocenters. The number of anilines is 1. The van der Waals surface area contributed by atoms with Crippen molar-refractivity contribution in [3.8, 4) is 0 Å². The Morgan fingerprint density at radius 1 is 1.14 bits per heavy atom. The van der Waals surface area contributed by atoms with E-state index in [0.29, 0.717) is 0 Å². The van der Waals surface area contributed by atoms with Crippen molar-refractivity contribution < 1.29 is 9.63 Å². The van der Waals surface area contributed by atoms with Crippen LogP contribution in [0, 0.1) is 0 Å². The highest BCUT2D eigenvalue weighted by Crippen LogP contribution is 2.08. The van der Waals surface area contributed by atoms with Crippen molar-refractivity contribution >= 4 is 18.1 Å². The van der Waals surface area contributed by atoms with Gasteiger partial charge in [-0.3, -0.25) is 19.2 Å². The number of oxime groups is 1. The van der Waals surface area contributed by atoms with Gasteiger partial charge in [0, 0.05) is 19.6 Å². The Hall–Kier alpha value is -3.36. The molecule has 2 amide bonds. The van der Waals surface area contributed by atoms with Gasteiger partial charge >= 0.3 is 11.7 Å². The molecule has 9 heteroatoms. The second-order valence-corrected chi connectivity index (χ2v) is 7.29. The Kier molecular flexibility index (Phi) is 6.40. The molecule has 1 aromatic carbocycles. The van der Waals surface area contributed by atoms with Gasteiger partial charge in [-0.15, -0.1) is 0 Å². The monoisotopic (exact) mass is 387 g/mol. The Bertz CT molecular complexity index is 984. The summed E-state index contributed by atoms with van der Waals surface area (Å²) in [5.41, 5.74) is -0.715. The molecule has 1 heterocycles. The molecule has 0 aliphatic carbocycles. The summed E-state index contributed by atoms with van der Waals surface area (Å²) in [7, 11) is 2.81. The second kappa shape index (κ2) is 8.55. The van der Waals surface area contributed by atoms with E-state index < -0.39 is 22.8 Å². The summed E-state index contributed by atoms with van der Waals surface area (Å²) in [5.74, 6) is 0.0295. The van der Waals surface area contributed by atoms with Crippen LogP contribution in [0.2, 0.25) is 0 Å². The number of nitrogens with zero attached hydrogens (tertiary/aromatic N) is 3. The van der Waals surface area contributed by atoms with E-state index in [1.165, 1.54) is 24.9 Å². The quantitative estimate of drug-likeness (QED) is 0.600. The number of hydrogen-bond acceptors (Lipinski definition) is 5. The first-order chi connectivity index (χ1) is 13.1. The van der Waals surface area contributed by atoms with E-state index in [-0.39, 0.29) is 18.0 Å². The molecule has 0 saturated heterocycles. The van der Waals surface area contributed by atoms with Crippen LogP contribution in [0.5, 0.6) is 0 Å². The SMILES string of the molecule is Cn1c(NC(=O)NC(C)(C)C)c(C=NOCc2ccccc2)c(=O)n(C)c1=O. The van der Waals surface area contributed by atoms with Crippen LogP contribution in [0.15, 0.2) is 45.1 Å². The maximum Gasteiger partial charge on any atom is 0.332 e. The predicted molar refractivity (Wildman–Crippen MR) is 108 cm³/mol. The number of urea groups is 1. The largest absolute Gasteiger partial charge is 0.391 e. The molecule has 2 rings (SSSR count). The standard InChI is InChI=1S/C19H25N5O4/c1-19(2,3)22-17(26)21-15-14(16(25)24(5)18(27)23(15)4)11-20-28-12-13-9-7-6-8-10-13/h6-11H,12H2,1-5H3,(H2,21,22,26). The molecule has 0 bridgehead atoms. The highest BCUT2D eigenvalue weighted by Gasteiger charge is 2.19. The Morgan fingerprint density at radius 2 is 1.79 bits per heavy atom. The molecule has 2 N–H and O–H groups in total. The normalized spacial score (nSPS) is 11.5. The molecule has 0 radical (unpaired) electrons. The Morgan fingerprint density at radius 3 is 2.39 bits per heavy atom. The fourth-order valence-corrected chi connectivity index (χ4v) is 2.39. The summed E-state index contributed by atoms with van der Waals surface area (Å²) < 4.78 is 2.10. The van der Waals surface area contributed by atoms with Gasteiger partial charge in [0.15, 0.2) is 0 Å². The minimum atomic E-state index is -0.596. The first-order valence-electron chi connectivity index (χ1n) is 8.68. The van der Waals surface area contributed by atoms with Gasteiger partial charge in [0.25, 0.3) is 5.56 Å². The molecular formula is C19H25N5O4. The van der Waals surface area contributed by atoms with Crippen LogP contribution in [-0.4, -0.2) is 26.9 Å². The minimum absolute atomic E-state index is 0.0294. The number of rotatable bonds is 5. The van der Waals surface area contributed by atoms with Crippen molar-refractivity contribution in [2.45, 2.75) is 32.9 Å². The number of amides is 2. The van der Waals surface area contributed by atoms with Crippen LogP contribution in [0.1, 0.15) is 31.9 Å². The van der Waals surface area contributed by atoms with Crippen molar-refractivity contribution in [3.63, 3.8) is 0 Å². The van der Waals surface area contributed by atoms with Gasteiger partial charge in [-0.1, -0.05) is 35.5 Å². The van der Waals surface area contributed by atoms with Crippen molar-refractivity contribution in [1.82, 2.24) is 14.5 Å². The van der Waals surface area contributed by atoms with E-state index in [0.717, 1.165) is 10.1 Å². The van der Waals surface area contributed by atoms with Crippen LogP contribution in [0.4, 0.5) is 10.6 Å². The van der Waals surface area contributed by atoms with Crippen LogP contribution >= 0.6 is 0 Å². The third-order valence-electron chi connectivity index (χ3n) is 3.75. The van der Waals surface area contributed by atoms with E-state index in [1.807, 2.05) is 51.1 Å². The van der Waals surface area contributed by atoms with Gasteiger partial charge in [-0.05, 0) is 26.3 Å². The smallest absolute Gasteiger partial charge is 0.332 e. The molecule has 0 saturated carbocycles. The number of nitrogens with one attached hydrogen (secondary N) is 2. The fraction of sp³-hybridized carbons (Fsp3) is 0.368. The first-order valence-corrected chi connectivity index (χ1v) is 8.68. The van der Waals surface area contributed by atoms with Gasteiger partial charge in [0.1, 0.15) is 18.0 Å². The molecule has 28 heavy (non-hydrogen) atoms. The summed E-state index contributed by atoms with van der Waals surface area (Å²) in [6.45, 7) is 5.66. The fourth-order valence-electron chi connectivity index (χ4n) is 2.39. The second-order valence-electron chi connectivity index (χ2n) is 7.29. The van der Waals surface area contributed by atoms with Gasteiger partial charge in [0.05, 0.1) is 6.21 Å². The lowest BCUT2D eigenvalue weighted by atomic mass is 10.1. The van der Waals surface area contributed by atoms with Gasteiger partial charge in [0.2, 0.25) is 0 Å². The van der Waals surface area contributed by atoms with E-state index >= 15 is 0 Å². The summed E-state index contributed by atoms with van der Waals surface area (Å²) in [4.78, 5) is 42.2. The lowest BCUT2D eigenvalue weighted by Gasteiger charge is -2.22. The molecular weight excluding hydrogens is 362 g/mol. The maximum atomic E-state index is 12.5. The zero-order chi connectivity index (χ0) is 20.9. The van der Waals surface area contributed by atoms with Crippen LogP contribution in [0.25, 0.3) is 0 Å². The molecule has 0 fully saturated rings. The van der Waals surface area contributed by atoms with E-state index in [4.69, 9.17) is 4.84 Å². The van der Waals surface area contributed by atoms with Crippen LogP contribution in [-0.2, 0) is 25.5 Å². The first kappa shape index (κ1) is 20.9. The molecule has 0 aliphatic heterocycles. The van der Waals surface area contributed by atoms with Crippen LogP contribution in [0.3, 0.4) is 0 Å². The maximum absolute atomic E-state index is 12.5. The van der Waals surface area contributed by atoms with Gasteiger partial charge < -0.3 is 10.2 Å². The average Bonchev–Trinajstić information content (AvgIpc) is 2.63. The average molecular weight is 387 g/mol. The van der Waals surface area contributed by atoms with Crippen molar-refractivity contribution in [2.75, 3.05) is 5.32 Å². The number of benzene rings is 1. The van der Waals surface area contributed by atoms with E-state index in [2.05, 4.69) is 15.8 Å². The third kappa shape index (κ3) is 5.32. The summed E-state index contributed by atoms with van der Waals surface area (Å²) >= 11 is 0. The molecule has 0 spiro atoms. The highest BCUT2D eigenvalue weighted by molar-refractivity contribution is 5.95. The molecule has 0 atom stereocenters. The summed E-state index contributed by atoms with van der Waals surface area (Å²) in [6, 6.07) is 8.86. The number of aromatic nitrogens is 2. The molecule has 0 aliphatic rings. The van der Waals surface area contributed by atoms with Crippen molar-refractivity contribution in [1.29, 1.82) is 0 Å². The summed E-state index contributed by atoms with van der Waals surface area (Å²) in [5, 5.41) is 9.10. The lowest BCUT2D eigenvalue weighted by molar-refractivity contribution is 0.132. The molecule has 2 aromatic rings. The van der Waals surface area contributed by atoms with Crippen molar-refractivity contribution in [3.05, 3.63) is 62.3 Å². The molecule has 150 valence electrons. The summed E-state index contributed by atoms with van der Waals surface area (Å²) in [6.07, 6.45) is 1.19. The lowest BCUT2D eigenvalue weighted by Crippen LogP contribution is -2.46. The van der Waals surface area contributed by atoms with Crippen molar-refractivity contribution in [2.24, 2.45) is 19.3 Å². The van der Waals surface area contributed by atoms with Gasteiger partial charge in [-0.2, -0.15) is 0 Å². The molecule has 9 nitrogen and oxygen atoms in total. The van der Waals surface area contributed by atoms with E-state index in [9.17, 15) is 14.4 Å². The highest BCUT2D eigenvalue weighted by atomic mass is 16.6. The topological polar surface area (TPSA) is 107 Å². The zero-order valence-electron chi connectivity index (χ0n) is 16.6. The number of hydrogen-bond donors (Lipinski definition) is 2. The van der Waals surface area contributed by atoms with E-state index in [1.54, 1.807) is 0 Å². The van der Waals surface area contributed by atoms with Gasteiger partial charge in [-0.25, -0.2) is 9.59 Å². The number of carbonyl (C=O) groups is 1. The predicted octanol–water partition coefficient (Wildman–Crippen LogP) is 1.55. The van der Waals surface area contributed by atoms with Crippen LogP contribution < -0.4 is 21.9 Å². The number of carbonyl (C=O) groups excluding carboxylic acids is 1. The zero-order valence-corrected chi connectivity index (χ0v) is 16.6. The Labute approximate surface area is 162 Å². The minimum Gasteiger partial charge on any atom is -0.391 e.